The van der Waals surface area contributed by atoms with Crippen LogP contribution in [0.3, 0.4) is 0 Å². The van der Waals surface area contributed by atoms with Gasteiger partial charge in [-0.25, -0.2) is 19.9 Å². The lowest BCUT2D eigenvalue weighted by Crippen LogP contribution is -2.37. The fourth-order valence-electron chi connectivity index (χ4n) is 3.21. The maximum Gasteiger partial charge on any atom is 0.228 e. The molecule has 1 aliphatic rings. The summed E-state index contributed by atoms with van der Waals surface area (Å²) < 4.78 is 11.2. The average molecular weight is 443 g/mol. The number of anilines is 4. The molecule has 166 valence electrons. The van der Waals surface area contributed by atoms with E-state index in [9.17, 15) is 0 Å². The molecular formula is C22H21N9O2. The molecule has 1 saturated heterocycles. The van der Waals surface area contributed by atoms with Crippen LogP contribution in [0, 0.1) is 0 Å². The second-order valence-electron chi connectivity index (χ2n) is 7.17. The predicted molar refractivity (Wildman–Crippen MR) is 122 cm³/mol. The van der Waals surface area contributed by atoms with Gasteiger partial charge in [0.1, 0.15) is 11.6 Å². The molecule has 0 saturated carbocycles. The fourth-order valence-corrected chi connectivity index (χ4v) is 3.21. The van der Waals surface area contributed by atoms with Crippen molar-refractivity contribution < 1.29 is 9.47 Å². The molecule has 0 bridgehead atoms. The van der Waals surface area contributed by atoms with Gasteiger partial charge in [0.2, 0.25) is 17.8 Å². The molecule has 3 N–H and O–H groups in total. The van der Waals surface area contributed by atoms with E-state index in [-0.39, 0.29) is 5.95 Å². The standard InChI is InChI=1S/C22H21N9O2/c23-21-26-11-15(12-27-21)18-10-19(30-22(29-18)31-6-8-32-9-7-31)28-16-3-4-20(25-13-16)33-17-2-1-5-24-14-17/h1-5,10-14H,6-9H2,(H2,23,26,27)(H,28,29,30). The number of nitrogens with one attached hydrogen (secondary N) is 1. The quantitative estimate of drug-likeness (QED) is 0.455. The molecule has 4 aromatic heterocycles. The SMILES string of the molecule is Nc1ncc(-c2cc(Nc3ccc(Oc4cccnc4)nc3)nc(N3CCOCC3)n2)cn1. The highest BCUT2D eigenvalue weighted by atomic mass is 16.5. The maximum atomic E-state index is 5.70. The van der Waals surface area contributed by atoms with Crippen molar-refractivity contribution in [1.82, 2.24) is 29.9 Å². The smallest absolute Gasteiger partial charge is 0.228 e. The van der Waals surface area contributed by atoms with Gasteiger partial charge in [-0.05, 0) is 18.2 Å². The van der Waals surface area contributed by atoms with E-state index in [0.717, 1.165) is 11.3 Å². The van der Waals surface area contributed by atoms with E-state index in [4.69, 9.17) is 25.2 Å². The van der Waals surface area contributed by atoms with Crippen LogP contribution in [0.5, 0.6) is 11.6 Å². The summed E-state index contributed by atoms with van der Waals surface area (Å²) >= 11 is 0. The number of morpholine rings is 1. The van der Waals surface area contributed by atoms with Crippen LogP contribution < -0.4 is 20.7 Å². The van der Waals surface area contributed by atoms with Crippen LogP contribution in [-0.2, 0) is 4.74 Å². The topological polar surface area (TPSA) is 137 Å². The number of pyridine rings is 2. The van der Waals surface area contributed by atoms with Crippen LogP contribution in [0.25, 0.3) is 11.3 Å². The summed E-state index contributed by atoms with van der Waals surface area (Å²) in [7, 11) is 0. The molecule has 0 radical (unpaired) electrons. The van der Waals surface area contributed by atoms with Crippen molar-refractivity contribution in [1.29, 1.82) is 0 Å². The summed E-state index contributed by atoms with van der Waals surface area (Å²) in [4.78, 5) is 28.0. The second kappa shape index (κ2) is 9.40. The predicted octanol–water partition coefficient (Wildman–Crippen LogP) is 2.68. The van der Waals surface area contributed by atoms with Gasteiger partial charge in [-0.2, -0.15) is 4.98 Å². The van der Waals surface area contributed by atoms with Crippen LogP contribution in [0.2, 0.25) is 0 Å². The number of aromatic nitrogens is 6. The Morgan fingerprint density at radius 1 is 0.970 bits per heavy atom. The minimum atomic E-state index is 0.208. The molecule has 11 heteroatoms. The molecule has 0 aliphatic carbocycles. The highest BCUT2D eigenvalue weighted by molar-refractivity contribution is 5.66. The molecule has 5 heterocycles. The number of nitrogens with zero attached hydrogens (tertiary/aromatic N) is 7. The van der Waals surface area contributed by atoms with Crippen LogP contribution in [0.1, 0.15) is 0 Å². The molecule has 1 aliphatic heterocycles. The highest BCUT2D eigenvalue weighted by Crippen LogP contribution is 2.26. The van der Waals surface area contributed by atoms with Gasteiger partial charge in [-0.1, -0.05) is 0 Å². The summed E-state index contributed by atoms with van der Waals surface area (Å²) in [6.45, 7) is 2.68. The number of nitrogen functional groups attached to an aromatic ring is 1. The first kappa shape index (κ1) is 20.5. The van der Waals surface area contributed by atoms with E-state index in [0.29, 0.717) is 55.4 Å². The van der Waals surface area contributed by atoms with Crippen molar-refractivity contribution in [3.8, 4) is 22.9 Å². The summed E-state index contributed by atoms with van der Waals surface area (Å²) in [6, 6.07) is 9.09. The first-order chi connectivity index (χ1) is 16.2. The third-order valence-corrected chi connectivity index (χ3v) is 4.84. The largest absolute Gasteiger partial charge is 0.437 e. The lowest BCUT2D eigenvalue weighted by molar-refractivity contribution is 0.122. The molecule has 5 rings (SSSR count). The van der Waals surface area contributed by atoms with Crippen LogP contribution >= 0.6 is 0 Å². The lowest BCUT2D eigenvalue weighted by Gasteiger charge is -2.27. The van der Waals surface area contributed by atoms with Crippen molar-refractivity contribution in [2.45, 2.75) is 0 Å². The molecule has 0 atom stereocenters. The molecule has 4 aromatic rings. The van der Waals surface area contributed by atoms with E-state index >= 15 is 0 Å². The zero-order valence-corrected chi connectivity index (χ0v) is 17.6. The third-order valence-electron chi connectivity index (χ3n) is 4.84. The lowest BCUT2D eigenvalue weighted by atomic mass is 10.2. The number of hydrogen-bond donors (Lipinski definition) is 2. The first-order valence-electron chi connectivity index (χ1n) is 10.3. The normalized spacial score (nSPS) is 13.5. The van der Waals surface area contributed by atoms with Gasteiger partial charge in [-0.3, -0.25) is 4.98 Å². The van der Waals surface area contributed by atoms with Crippen molar-refractivity contribution in [3.63, 3.8) is 0 Å². The molecule has 11 nitrogen and oxygen atoms in total. The zero-order chi connectivity index (χ0) is 22.5. The van der Waals surface area contributed by atoms with Gasteiger partial charge < -0.3 is 25.4 Å². The van der Waals surface area contributed by atoms with Gasteiger partial charge in [0.05, 0.1) is 37.0 Å². The highest BCUT2D eigenvalue weighted by Gasteiger charge is 2.17. The minimum Gasteiger partial charge on any atom is -0.437 e. The summed E-state index contributed by atoms with van der Waals surface area (Å²) in [6.07, 6.45) is 8.27. The average Bonchev–Trinajstić information content (AvgIpc) is 2.87. The second-order valence-corrected chi connectivity index (χ2v) is 7.17. The molecule has 0 amide bonds. The Labute approximate surface area is 189 Å². The van der Waals surface area contributed by atoms with Crippen LogP contribution in [0.15, 0.2) is 61.3 Å². The van der Waals surface area contributed by atoms with Gasteiger partial charge in [0.25, 0.3) is 0 Å². The molecule has 0 spiro atoms. The van der Waals surface area contributed by atoms with Gasteiger partial charge in [-0.15, -0.1) is 0 Å². The number of ether oxygens (including phenoxy) is 2. The Bertz CT molecular complexity index is 1200. The molecule has 0 aromatic carbocycles. The van der Waals surface area contributed by atoms with Crippen molar-refractivity contribution >= 4 is 23.4 Å². The fraction of sp³-hybridized carbons (Fsp3) is 0.182. The summed E-state index contributed by atoms with van der Waals surface area (Å²) in [5.74, 6) is 2.50. The number of nitrogens with two attached hydrogens (primary N) is 1. The molecule has 33 heavy (non-hydrogen) atoms. The Morgan fingerprint density at radius 3 is 2.55 bits per heavy atom. The van der Waals surface area contributed by atoms with Gasteiger partial charge >= 0.3 is 0 Å². The van der Waals surface area contributed by atoms with Crippen LogP contribution in [0.4, 0.5) is 23.4 Å². The molecule has 0 unspecified atom stereocenters. The minimum absolute atomic E-state index is 0.208. The van der Waals surface area contributed by atoms with Gasteiger partial charge in [0, 0.05) is 49.4 Å². The Balaban J connectivity index is 1.40. The van der Waals surface area contributed by atoms with E-state index in [1.807, 2.05) is 18.2 Å². The Kier molecular flexibility index (Phi) is 5.85. The van der Waals surface area contributed by atoms with Crippen molar-refractivity contribution in [2.24, 2.45) is 0 Å². The van der Waals surface area contributed by atoms with Crippen molar-refractivity contribution in [3.05, 3.63) is 61.3 Å². The summed E-state index contributed by atoms with van der Waals surface area (Å²) in [5, 5.41) is 3.29. The van der Waals surface area contributed by atoms with E-state index < -0.39 is 0 Å². The monoisotopic (exact) mass is 443 g/mol. The third kappa shape index (κ3) is 5.10. The number of hydrogen-bond acceptors (Lipinski definition) is 11. The van der Waals surface area contributed by atoms with E-state index in [2.05, 4.69) is 30.2 Å². The van der Waals surface area contributed by atoms with E-state index in [1.165, 1.54) is 0 Å². The van der Waals surface area contributed by atoms with E-state index in [1.54, 1.807) is 43.1 Å². The number of rotatable bonds is 6. The molecule has 1 fully saturated rings. The first-order valence-corrected chi connectivity index (χ1v) is 10.3. The van der Waals surface area contributed by atoms with Crippen LogP contribution in [-0.4, -0.2) is 56.2 Å². The van der Waals surface area contributed by atoms with Crippen molar-refractivity contribution in [2.75, 3.05) is 42.3 Å². The zero-order valence-electron chi connectivity index (χ0n) is 17.6. The molecular weight excluding hydrogens is 422 g/mol. The Hall–Kier alpha value is -4.38. The van der Waals surface area contributed by atoms with Gasteiger partial charge in [0.15, 0.2) is 0 Å². The Morgan fingerprint density at radius 2 is 1.82 bits per heavy atom. The maximum absolute atomic E-state index is 5.70. The summed E-state index contributed by atoms with van der Waals surface area (Å²) in [5.41, 5.74) is 7.80.